The smallest absolute Gasteiger partial charge is 0.416 e. The van der Waals surface area contributed by atoms with Crippen LogP contribution in [0.25, 0.3) is 21.5 Å². The number of nitrogens with two attached hydrogens (primary N) is 2. The van der Waals surface area contributed by atoms with E-state index >= 15 is 0 Å². The molecule has 0 spiro atoms. The Bertz CT molecular complexity index is 1120. The standard InChI is InChI=1S/C20H21F3N4O3S/c1-19(2,3)30-8-7-29-18-26-14(10-5-4-6-11(9-10)20(21,22)23)12-13(24)15(16(25)28)31-17(12)27-18/h4-6,9H,7-8,24H2,1-3H3,(H2,25,28). The number of nitrogen functional groups attached to an aromatic ring is 1. The molecule has 7 nitrogen and oxygen atoms in total. The zero-order chi connectivity index (χ0) is 23.0. The highest BCUT2D eigenvalue weighted by Crippen LogP contribution is 2.40. The number of fused-ring (bicyclic) bond motifs is 1. The van der Waals surface area contributed by atoms with Gasteiger partial charge in [0.1, 0.15) is 16.3 Å². The van der Waals surface area contributed by atoms with Crippen LogP contribution in [0.4, 0.5) is 18.9 Å². The van der Waals surface area contributed by atoms with Crippen LogP contribution in [0.2, 0.25) is 0 Å². The normalized spacial score (nSPS) is 12.3. The van der Waals surface area contributed by atoms with E-state index in [1.54, 1.807) is 0 Å². The Hall–Kier alpha value is -2.92. The SMILES string of the molecule is CC(C)(C)OCCOc1nc(-c2cccc(C(F)(F)F)c2)c2c(N)c(C(N)=O)sc2n1. The minimum atomic E-state index is -4.54. The Morgan fingerprint density at radius 1 is 1.16 bits per heavy atom. The molecule has 0 radical (unpaired) electrons. The van der Waals surface area contributed by atoms with Crippen LogP contribution in [-0.4, -0.2) is 34.7 Å². The molecule has 0 atom stereocenters. The number of benzene rings is 1. The lowest BCUT2D eigenvalue weighted by Crippen LogP contribution is -2.22. The Labute approximate surface area is 180 Å². The number of hydrogen-bond acceptors (Lipinski definition) is 7. The largest absolute Gasteiger partial charge is 0.461 e. The molecule has 0 saturated carbocycles. The van der Waals surface area contributed by atoms with Crippen LogP contribution in [0.3, 0.4) is 0 Å². The van der Waals surface area contributed by atoms with E-state index in [0.29, 0.717) is 0 Å². The van der Waals surface area contributed by atoms with Crippen molar-refractivity contribution in [3.63, 3.8) is 0 Å². The summed E-state index contributed by atoms with van der Waals surface area (Å²) in [6.07, 6.45) is -4.54. The van der Waals surface area contributed by atoms with Gasteiger partial charge >= 0.3 is 12.2 Å². The molecular formula is C20H21F3N4O3S. The van der Waals surface area contributed by atoms with Crippen molar-refractivity contribution in [2.45, 2.75) is 32.5 Å². The van der Waals surface area contributed by atoms with Gasteiger partial charge in [-0.05, 0) is 32.9 Å². The van der Waals surface area contributed by atoms with Crippen molar-refractivity contribution in [2.75, 3.05) is 18.9 Å². The molecule has 0 aliphatic heterocycles. The molecule has 1 amide bonds. The van der Waals surface area contributed by atoms with E-state index in [-0.39, 0.29) is 56.9 Å². The number of amides is 1. The average Bonchev–Trinajstić information content (AvgIpc) is 3.00. The average molecular weight is 454 g/mol. The summed E-state index contributed by atoms with van der Waals surface area (Å²) in [5.74, 6) is -0.767. The molecule has 3 aromatic rings. The molecule has 4 N–H and O–H groups in total. The fourth-order valence-electron chi connectivity index (χ4n) is 2.78. The van der Waals surface area contributed by atoms with Crippen LogP contribution in [0.5, 0.6) is 6.01 Å². The Kier molecular flexibility index (Phi) is 6.10. The highest BCUT2D eigenvalue weighted by molar-refractivity contribution is 7.21. The summed E-state index contributed by atoms with van der Waals surface area (Å²) in [5, 5.41) is 0.247. The second kappa shape index (κ2) is 8.31. The number of thiophene rings is 1. The number of nitrogens with zero attached hydrogens (tertiary/aromatic N) is 2. The lowest BCUT2D eigenvalue weighted by Gasteiger charge is -2.19. The second-order valence-electron chi connectivity index (χ2n) is 7.63. The van der Waals surface area contributed by atoms with Gasteiger partial charge in [0.05, 0.1) is 34.5 Å². The maximum absolute atomic E-state index is 13.2. The van der Waals surface area contributed by atoms with Gasteiger partial charge in [-0.25, -0.2) is 0 Å². The van der Waals surface area contributed by atoms with E-state index in [2.05, 4.69) is 9.97 Å². The molecule has 1 aromatic carbocycles. The van der Waals surface area contributed by atoms with Crippen LogP contribution >= 0.6 is 11.3 Å². The maximum atomic E-state index is 13.2. The molecule has 0 unspecified atom stereocenters. The van der Waals surface area contributed by atoms with Crippen molar-refractivity contribution < 1.29 is 27.4 Å². The number of carbonyl (C=O) groups is 1. The number of hydrogen-bond donors (Lipinski definition) is 2. The lowest BCUT2D eigenvalue weighted by molar-refractivity contribution is -0.137. The molecule has 0 saturated heterocycles. The minimum absolute atomic E-state index is 0.0162. The first-order valence-corrected chi connectivity index (χ1v) is 10.0. The fraction of sp³-hybridized carbons (Fsp3) is 0.350. The summed E-state index contributed by atoms with van der Waals surface area (Å²) in [7, 11) is 0. The Balaban J connectivity index is 2.08. The highest BCUT2D eigenvalue weighted by Gasteiger charge is 2.31. The summed E-state index contributed by atoms with van der Waals surface area (Å²) in [5.41, 5.74) is 10.5. The molecule has 0 aliphatic rings. The maximum Gasteiger partial charge on any atom is 0.416 e. The second-order valence-corrected chi connectivity index (χ2v) is 8.63. The van der Waals surface area contributed by atoms with Gasteiger partial charge in [-0.2, -0.15) is 23.1 Å². The molecule has 2 heterocycles. The highest BCUT2D eigenvalue weighted by atomic mass is 32.1. The number of alkyl halides is 3. The minimum Gasteiger partial charge on any atom is -0.461 e. The third kappa shape index (κ3) is 5.23. The summed E-state index contributed by atoms with van der Waals surface area (Å²) in [4.78, 5) is 20.6. The van der Waals surface area contributed by atoms with Gasteiger partial charge in [0.15, 0.2) is 0 Å². The molecule has 2 aromatic heterocycles. The molecule has 0 bridgehead atoms. The van der Waals surface area contributed by atoms with E-state index in [0.717, 1.165) is 23.5 Å². The first kappa shape index (κ1) is 22.8. The summed E-state index contributed by atoms with van der Waals surface area (Å²) in [6.45, 7) is 6.04. The third-order valence-corrected chi connectivity index (χ3v) is 5.22. The number of anilines is 1. The van der Waals surface area contributed by atoms with Gasteiger partial charge in [-0.15, -0.1) is 11.3 Å². The van der Waals surface area contributed by atoms with Crippen LogP contribution < -0.4 is 16.2 Å². The first-order chi connectivity index (χ1) is 14.4. The van der Waals surface area contributed by atoms with Gasteiger partial charge in [-0.3, -0.25) is 4.79 Å². The number of rotatable bonds is 6. The first-order valence-electron chi connectivity index (χ1n) is 9.21. The van der Waals surface area contributed by atoms with Crippen molar-refractivity contribution in [3.8, 4) is 17.3 Å². The van der Waals surface area contributed by atoms with Gasteiger partial charge in [0.2, 0.25) is 0 Å². The third-order valence-electron chi connectivity index (χ3n) is 4.10. The number of aromatic nitrogens is 2. The number of halogens is 3. The Morgan fingerprint density at radius 3 is 2.48 bits per heavy atom. The van der Waals surface area contributed by atoms with Gasteiger partial charge in [0, 0.05) is 5.56 Å². The molecule has 11 heteroatoms. The van der Waals surface area contributed by atoms with Crippen molar-refractivity contribution in [3.05, 3.63) is 34.7 Å². The zero-order valence-electron chi connectivity index (χ0n) is 17.0. The van der Waals surface area contributed by atoms with Crippen LogP contribution in [-0.2, 0) is 10.9 Å². The summed E-state index contributed by atoms with van der Waals surface area (Å²) >= 11 is 0.924. The van der Waals surface area contributed by atoms with E-state index in [1.165, 1.54) is 12.1 Å². The zero-order valence-corrected chi connectivity index (χ0v) is 17.9. The number of primary amides is 1. The molecule has 0 fully saturated rings. The molecular weight excluding hydrogens is 433 g/mol. The summed E-state index contributed by atoms with van der Waals surface area (Å²) < 4.78 is 50.8. The topological polar surface area (TPSA) is 113 Å². The molecule has 3 rings (SSSR count). The predicted octanol–water partition coefficient (Wildman–Crippen LogP) is 4.25. The van der Waals surface area contributed by atoms with Crippen molar-refractivity contribution in [1.29, 1.82) is 0 Å². The van der Waals surface area contributed by atoms with E-state index in [4.69, 9.17) is 20.9 Å². The molecule has 166 valence electrons. The summed E-state index contributed by atoms with van der Waals surface area (Å²) in [6, 6.07) is 4.56. The van der Waals surface area contributed by atoms with Crippen molar-refractivity contribution in [1.82, 2.24) is 9.97 Å². The van der Waals surface area contributed by atoms with Crippen LogP contribution in [0.15, 0.2) is 24.3 Å². The van der Waals surface area contributed by atoms with Gasteiger partial charge < -0.3 is 20.9 Å². The Morgan fingerprint density at radius 2 is 1.87 bits per heavy atom. The monoisotopic (exact) mass is 454 g/mol. The fourth-order valence-corrected chi connectivity index (χ4v) is 3.72. The van der Waals surface area contributed by atoms with Crippen molar-refractivity contribution in [2.24, 2.45) is 5.73 Å². The van der Waals surface area contributed by atoms with Gasteiger partial charge in [0.25, 0.3) is 5.91 Å². The van der Waals surface area contributed by atoms with Crippen LogP contribution in [0, 0.1) is 0 Å². The molecule has 31 heavy (non-hydrogen) atoms. The van der Waals surface area contributed by atoms with E-state index < -0.39 is 17.6 Å². The quantitative estimate of drug-likeness (QED) is 0.538. The predicted molar refractivity (Wildman–Crippen MR) is 112 cm³/mol. The van der Waals surface area contributed by atoms with E-state index in [9.17, 15) is 18.0 Å². The van der Waals surface area contributed by atoms with Crippen molar-refractivity contribution >= 4 is 33.1 Å². The van der Waals surface area contributed by atoms with Gasteiger partial charge in [-0.1, -0.05) is 12.1 Å². The number of carbonyl (C=O) groups excluding carboxylic acids is 1. The van der Waals surface area contributed by atoms with Crippen LogP contribution in [0.1, 0.15) is 36.0 Å². The lowest BCUT2D eigenvalue weighted by atomic mass is 10.0. The molecule has 0 aliphatic carbocycles. The van der Waals surface area contributed by atoms with E-state index in [1.807, 2.05) is 20.8 Å². The number of ether oxygens (including phenoxy) is 2.